The summed E-state index contributed by atoms with van der Waals surface area (Å²) in [6.45, 7) is 1.64. The van der Waals surface area contributed by atoms with Crippen molar-refractivity contribution < 1.29 is 9.53 Å². The van der Waals surface area contributed by atoms with Crippen LogP contribution in [0, 0.1) is 11.3 Å². The maximum atomic E-state index is 11.5. The van der Waals surface area contributed by atoms with Crippen molar-refractivity contribution in [3.63, 3.8) is 0 Å². The standard InChI is InChI=1S/C12H14N2O2/c1-9(8-13)14-12(15)7-10-4-3-5-11(6-10)16-2/h3-6,9H,7H2,1-2H3,(H,14,15). The Bertz CT molecular complexity index is 410. The molecule has 0 fully saturated rings. The predicted octanol–water partition coefficient (Wildman–Crippen LogP) is 1.27. The van der Waals surface area contributed by atoms with Gasteiger partial charge in [0.1, 0.15) is 11.8 Å². The fraction of sp³-hybridized carbons (Fsp3) is 0.333. The third-order valence-electron chi connectivity index (χ3n) is 2.07. The quantitative estimate of drug-likeness (QED) is 0.827. The smallest absolute Gasteiger partial charge is 0.225 e. The number of nitrogens with zero attached hydrogens (tertiary/aromatic N) is 1. The molecule has 0 aliphatic carbocycles. The Morgan fingerprint density at radius 1 is 1.62 bits per heavy atom. The van der Waals surface area contributed by atoms with Crippen LogP contribution >= 0.6 is 0 Å². The maximum absolute atomic E-state index is 11.5. The number of carbonyl (C=O) groups is 1. The summed E-state index contributed by atoms with van der Waals surface area (Å²) in [5.74, 6) is 0.556. The molecule has 0 aliphatic rings. The number of amides is 1. The van der Waals surface area contributed by atoms with Gasteiger partial charge in [0.15, 0.2) is 0 Å². The number of rotatable bonds is 4. The summed E-state index contributed by atoms with van der Waals surface area (Å²) < 4.78 is 5.05. The van der Waals surface area contributed by atoms with Gasteiger partial charge in [-0.25, -0.2) is 0 Å². The van der Waals surface area contributed by atoms with Crippen LogP contribution in [0.2, 0.25) is 0 Å². The zero-order valence-corrected chi connectivity index (χ0v) is 9.36. The molecule has 1 atom stereocenters. The summed E-state index contributed by atoms with van der Waals surface area (Å²) in [6.07, 6.45) is 0.253. The van der Waals surface area contributed by atoms with E-state index in [1.165, 1.54) is 0 Å². The largest absolute Gasteiger partial charge is 0.497 e. The van der Waals surface area contributed by atoms with Crippen molar-refractivity contribution in [1.82, 2.24) is 5.32 Å². The summed E-state index contributed by atoms with van der Waals surface area (Å²) in [4.78, 5) is 11.5. The number of methoxy groups -OCH3 is 1. The zero-order valence-electron chi connectivity index (χ0n) is 9.36. The molecule has 1 aromatic rings. The molecule has 1 N–H and O–H groups in total. The van der Waals surface area contributed by atoms with E-state index in [9.17, 15) is 4.79 Å². The highest BCUT2D eigenvalue weighted by molar-refractivity contribution is 5.79. The van der Waals surface area contributed by atoms with Crippen LogP contribution in [0.15, 0.2) is 24.3 Å². The van der Waals surface area contributed by atoms with E-state index in [0.29, 0.717) is 0 Å². The molecule has 16 heavy (non-hydrogen) atoms. The molecule has 1 amide bonds. The van der Waals surface area contributed by atoms with Crippen molar-refractivity contribution >= 4 is 5.91 Å². The first-order chi connectivity index (χ1) is 7.65. The summed E-state index contributed by atoms with van der Waals surface area (Å²) in [6, 6.07) is 8.78. The van der Waals surface area contributed by atoms with Crippen LogP contribution in [0.5, 0.6) is 5.75 Å². The molecule has 0 radical (unpaired) electrons. The first-order valence-electron chi connectivity index (χ1n) is 4.97. The van der Waals surface area contributed by atoms with Gasteiger partial charge in [-0.1, -0.05) is 12.1 Å². The second kappa shape index (κ2) is 5.76. The molecule has 0 aromatic heterocycles. The van der Waals surface area contributed by atoms with Crippen molar-refractivity contribution in [2.24, 2.45) is 0 Å². The molecule has 1 aromatic carbocycles. The first-order valence-corrected chi connectivity index (χ1v) is 4.97. The number of hydrogen-bond donors (Lipinski definition) is 1. The Labute approximate surface area is 94.8 Å². The van der Waals surface area contributed by atoms with Crippen LogP contribution in [0.4, 0.5) is 0 Å². The van der Waals surface area contributed by atoms with Gasteiger partial charge in [-0.15, -0.1) is 0 Å². The summed E-state index contributed by atoms with van der Waals surface area (Å²) in [7, 11) is 1.58. The average molecular weight is 218 g/mol. The molecular weight excluding hydrogens is 204 g/mol. The number of ether oxygens (including phenoxy) is 1. The molecule has 4 nitrogen and oxygen atoms in total. The van der Waals surface area contributed by atoms with Gasteiger partial charge >= 0.3 is 0 Å². The highest BCUT2D eigenvalue weighted by atomic mass is 16.5. The van der Waals surface area contributed by atoms with Gasteiger partial charge in [0, 0.05) is 0 Å². The minimum atomic E-state index is -0.460. The van der Waals surface area contributed by atoms with Crippen LogP contribution in [-0.2, 0) is 11.2 Å². The molecule has 0 bridgehead atoms. The lowest BCUT2D eigenvalue weighted by Gasteiger charge is -2.07. The van der Waals surface area contributed by atoms with Crippen molar-refractivity contribution in [3.8, 4) is 11.8 Å². The molecule has 1 rings (SSSR count). The lowest BCUT2D eigenvalue weighted by atomic mass is 10.1. The molecule has 1 unspecified atom stereocenters. The van der Waals surface area contributed by atoms with Crippen molar-refractivity contribution in [2.75, 3.05) is 7.11 Å². The summed E-state index contributed by atoms with van der Waals surface area (Å²) in [5, 5.41) is 11.1. The van der Waals surface area contributed by atoms with E-state index >= 15 is 0 Å². The fourth-order valence-electron chi connectivity index (χ4n) is 1.29. The van der Waals surface area contributed by atoms with Gasteiger partial charge in [-0.3, -0.25) is 4.79 Å². The van der Waals surface area contributed by atoms with E-state index in [1.807, 2.05) is 24.3 Å². The van der Waals surface area contributed by atoms with E-state index in [4.69, 9.17) is 10.00 Å². The number of hydrogen-bond acceptors (Lipinski definition) is 3. The van der Waals surface area contributed by atoms with Gasteiger partial charge in [-0.2, -0.15) is 5.26 Å². The highest BCUT2D eigenvalue weighted by Crippen LogP contribution is 2.12. The van der Waals surface area contributed by atoms with Gasteiger partial charge in [-0.05, 0) is 24.6 Å². The molecule has 0 heterocycles. The Morgan fingerprint density at radius 3 is 3.00 bits per heavy atom. The minimum Gasteiger partial charge on any atom is -0.497 e. The van der Waals surface area contributed by atoms with Crippen LogP contribution < -0.4 is 10.1 Å². The van der Waals surface area contributed by atoms with Gasteiger partial charge in [0.05, 0.1) is 19.6 Å². The van der Waals surface area contributed by atoms with Crippen LogP contribution in [-0.4, -0.2) is 19.1 Å². The minimum absolute atomic E-state index is 0.165. The molecule has 0 saturated heterocycles. The zero-order chi connectivity index (χ0) is 12.0. The Balaban J connectivity index is 2.59. The van der Waals surface area contributed by atoms with E-state index in [1.54, 1.807) is 20.1 Å². The number of carbonyl (C=O) groups excluding carboxylic acids is 1. The summed E-state index contributed by atoms with van der Waals surface area (Å²) >= 11 is 0. The van der Waals surface area contributed by atoms with E-state index in [2.05, 4.69) is 5.32 Å². The van der Waals surface area contributed by atoms with E-state index < -0.39 is 6.04 Å². The number of nitriles is 1. The number of benzene rings is 1. The number of nitrogens with one attached hydrogen (secondary N) is 1. The molecule has 0 spiro atoms. The van der Waals surface area contributed by atoms with Crippen LogP contribution in [0.1, 0.15) is 12.5 Å². The Morgan fingerprint density at radius 2 is 2.38 bits per heavy atom. The van der Waals surface area contributed by atoms with Gasteiger partial charge in [0.2, 0.25) is 5.91 Å². The topological polar surface area (TPSA) is 62.1 Å². The first kappa shape index (κ1) is 12.1. The monoisotopic (exact) mass is 218 g/mol. The van der Waals surface area contributed by atoms with E-state index in [0.717, 1.165) is 11.3 Å². The van der Waals surface area contributed by atoms with Gasteiger partial charge in [0.25, 0.3) is 0 Å². The van der Waals surface area contributed by atoms with Crippen molar-refractivity contribution in [2.45, 2.75) is 19.4 Å². The lowest BCUT2D eigenvalue weighted by molar-refractivity contribution is -0.120. The van der Waals surface area contributed by atoms with Crippen molar-refractivity contribution in [3.05, 3.63) is 29.8 Å². The Kier molecular flexibility index (Phi) is 4.34. The lowest BCUT2D eigenvalue weighted by Crippen LogP contribution is -2.32. The SMILES string of the molecule is COc1cccc(CC(=O)NC(C)C#N)c1. The van der Waals surface area contributed by atoms with E-state index in [-0.39, 0.29) is 12.3 Å². The molecular formula is C12H14N2O2. The highest BCUT2D eigenvalue weighted by Gasteiger charge is 2.07. The molecule has 0 saturated carbocycles. The fourth-order valence-corrected chi connectivity index (χ4v) is 1.29. The third kappa shape index (κ3) is 3.62. The van der Waals surface area contributed by atoms with Gasteiger partial charge < -0.3 is 10.1 Å². The predicted molar refractivity (Wildman–Crippen MR) is 59.9 cm³/mol. The molecule has 4 heteroatoms. The second-order valence-electron chi connectivity index (χ2n) is 3.45. The average Bonchev–Trinajstić information content (AvgIpc) is 2.28. The van der Waals surface area contributed by atoms with Crippen LogP contribution in [0.3, 0.4) is 0 Å². The summed E-state index contributed by atoms with van der Waals surface area (Å²) in [5.41, 5.74) is 0.863. The Hall–Kier alpha value is -2.02. The normalized spacial score (nSPS) is 11.3. The second-order valence-corrected chi connectivity index (χ2v) is 3.45. The third-order valence-corrected chi connectivity index (χ3v) is 2.07. The maximum Gasteiger partial charge on any atom is 0.225 e. The molecule has 84 valence electrons. The van der Waals surface area contributed by atoms with Crippen molar-refractivity contribution in [1.29, 1.82) is 5.26 Å². The molecule has 0 aliphatic heterocycles. The van der Waals surface area contributed by atoms with Crippen LogP contribution in [0.25, 0.3) is 0 Å².